The molecule has 4 N–H and O–H groups in total. The Morgan fingerprint density at radius 1 is 1.61 bits per heavy atom. The molecule has 1 aromatic carbocycles. The quantitative estimate of drug-likeness (QED) is 0.529. The number of benzene rings is 1. The van der Waals surface area contributed by atoms with Gasteiger partial charge in [-0.3, -0.25) is 4.79 Å². The molecule has 0 saturated heterocycles. The summed E-state index contributed by atoms with van der Waals surface area (Å²) in [5, 5.41) is 14.2. The van der Waals surface area contributed by atoms with Gasteiger partial charge in [0.2, 0.25) is 0 Å². The minimum absolute atomic E-state index is 0.0648. The summed E-state index contributed by atoms with van der Waals surface area (Å²) in [5.74, 6) is -0.158. The van der Waals surface area contributed by atoms with Gasteiger partial charge in [-0.05, 0) is 18.6 Å². The van der Waals surface area contributed by atoms with E-state index in [1.54, 1.807) is 12.1 Å². The molecule has 0 fully saturated rings. The standard InChI is InChI=1S/C14H15BrN4O3S/c1-3-9-12(23-14(16)18-9)13(21)19-17-6-7-4-8(15)5-10(22-2)11(7)20/h4-6,20H,3H2,1-2H3,(H2,16,18)(H,19,21)/b17-6+. The number of aryl methyl sites for hydroxylation is 1. The minimum atomic E-state index is -0.395. The zero-order valence-corrected chi connectivity index (χ0v) is 14.9. The van der Waals surface area contributed by atoms with Crippen LogP contribution in [-0.4, -0.2) is 29.3 Å². The summed E-state index contributed by atoms with van der Waals surface area (Å²) >= 11 is 4.42. The second kappa shape index (κ2) is 7.42. The Kier molecular flexibility index (Phi) is 5.56. The maximum atomic E-state index is 12.1. The molecule has 7 nitrogen and oxygen atoms in total. The summed E-state index contributed by atoms with van der Waals surface area (Å²) < 4.78 is 5.76. The van der Waals surface area contributed by atoms with Gasteiger partial charge >= 0.3 is 0 Å². The van der Waals surface area contributed by atoms with Crippen molar-refractivity contribution in [2.24, 2.45) is 5.10 Å². The Balaban J connectivity index is 2.16. The Hall–Kier alpha value is -2.13. The van der Waals surface area contributed by atoms with E-state index in [-0.39, 0.29) is 5.75 Å². The first-order valence-corrected chi connectivity index (χ1v) is 8.22. The van der Waals surface area contributed by atoms with E-state index in [1.807, 2.05) is 6.92 Å². The van der Waals surface area contributed by atoms with E-state index in [0.717, 1.165) is 11.3 Å². The fraction of sp³-hybridized carbons (Fsp3) is 0.214. The number of nitrogens with zero attached hydrogens (tertiary/aromatic N) is 2. The van der Waals surface area contributed by atoms with Crippen LogP contribution in [-0.2, 0) is 6.42 Å². The number of aromatic hydroxyl groups is 1. The van der Waals surface area contributed by atoms with Crippen molar-refractivity contribution < 1.29 is 14.6 Å². The van der Waals surface area contributed by atoms with Crippen LogP contribution < -0.4 is 15.9 Å². The van der Waals surface area contributed by atoms with Gasteiger partial charge in [-0.15, -0.1) is 0 Å². The van der Waals surface area contributed by atoms with Crippen LogP contribution in [0.1, 0.15) is 27.9 Å². The van der Waals surface area contributed by atoms with Crippen LogP contribution in [0, 0.1) is 0 Å². The molecular weight excluding hydrogens is 384 g/mol. The van der Waals surface area contributed by atoms with Crippen LogP contribution in [0.25, 0.3) is 0 Å². The molecule has 1 aromatic heterocycles. The van der Waals surface area contributed by atoms with Gasteiger partial charge in [-0.25, -0.2) is 10.4 Å². The molecule has 1 heterocycles. The van der Waals surface area contributed by atoms with Crippen molar-refractivity contribution in [2.45, 2.75) is 13.3 Å². The number of rotatable bonds is 5. The van der Waals surface area contributed by atoms with E-state index >= 15 is 0 Å². The molecule has 0 bridgehead atoms. The summed E-state index contributed by atoms with van der Waals surface area (Å²) in [4.78, 5) is 16.6. The lowest BCUT2D eigenvalue weighted by Crippen LogP contribution is -2.17. The third-order valence-electron chi connectivity index (χ3n) is 2.91. The topological polar surface area (TPSA) is 110 Å². The predicted molar refractivity (Wildman–Crippen MR) is 93.3 cm³/mol. The third kappa shape index (κ3) is 3.99. The lowest BCUT2D eigenvalue weighted by molar-refractivity contribution is 0.0958. The molecule has 0 spiro atoms. The van der Waals surface area contributed by atoms with Crippen LogP contribution in [0.15, 0.2) is 21.7 Å². The molecule has 2 rings (SSSR count). The number of halogens is 1. The van der Waals surface area contributed by atoms with Crippen molar-refractivity contribution in [3.05, 3.63) is 32.7 Å². The minimum Gasteiger partial charge on any atom is -0.504 e. The van der Waals surface area contributed by atoms with Gasteiger partial charge in [0, 0.05) is 10.0 Å². The Labute approximate surface area is 145 Å². The number of anilines is 1. The number of nitrogens with one attached hydrogen (secondary N) is 1. The highest BCUT2D eigenvalue weighted by atomic mass is 79.9. The molecule has 9 heteroatoms. The van der Waals surface area contributed by atoms with Crippen LogP contribution in [0.3, 0.4) is 0 Å². The van der Waals surface area contributed by atoms with E-state index in [1.165, 1.54) is 13.3 Å². The van der Waals surface area contributed by atoms with Gasteiger partial charge in [-0.1, -0.05) is 34.2 Å². The predicted octanol–water partition coefficient (Wildman–Crippen LogP) is 2.53. The third-order valence-corrected chi connectivity index (χ3v) is 4.30. The van der Waals surface area contributed by atoms with Crippen molar-refractivity contribution in [3.8, 4) is 11.5 Å². The number of ether oxygens (including phenoxy) is 1. The number of thiazole rings is 1. The highest BCUT2D eigenvalue weighted by molar-refractivity contribution is 9.10. The lowest BCUT2D eigenvalue weighted by Gasteiger charge is -2.06. The Morgan fingerprint density at radius 2 is 2.35 bits per heavy atom. The number of nitrogen functional groups attached to an aromatic ring is 1. The maximum absolute atomic E-state index is 12.1. The number of hydrogen-bond donors (Lipinski definition) is 3. The number of nitrogens with two attached hydrogens (primary N) is 1. The SMILES string of the molecule is CCc1nc(N)sc1C(=O)N/N=C/c1cc(Br)cc(OC)c1O. The average molecular weight is 399 g/mol. The zero-order valence-electron chi connectivity index (χ0n) is 12.5. The summed E-state index contributed by atoms with van der Waals surface area (Å²) in [6.45, 7) is 1.89. The number of carbonyl (C=O) groups excluding carboxylic acids is 1. The largest absolute Gasteiger partial charge is 0.504 e. The molecule has 1 amide bonds. The Bertz CT molecular complexity index is 761. The summed E-state index contributed by atoms with van der Waals surface area (Å²) in [6.07, 6.45) is 1.93. The van der Waals surface area contributed by atoms with Gasteiger partial charge in [0.15, 0.2) is 16.6 Å². The molecular formula is C14H15BrN4O3S. The average Bonchev–Trinajstić information content (AvgIpc) is 2.91. The molecule has 0 aliphatic rings. The normalized spacial score (nSPS) is 10.9. The number of carbonyl (C=O) groups is 1. The molecule has 0 radical (unpaired) electrons. The van der Waals surface area contributed by atoms with Gasteiger partial charge in [-0.2, -0.15) is 5.10 Å². The van der Waals surface area contributed by atoms with Crippen LogP contribution in [0.2, 0.25) is 0 Å². The number of methoxy groups -OCH3 is 1. The first kappa shape index (κ1) is 17.2. The van der Waals surface area contributed by atoms with Crippen molar-refractivity contribution in [2.75, 3.05) is 12.8 Å². The van der Waals surface area contributed by atoms with E-state index in [2.05, 4.69) is 31.4 Å². The smallest absolute Gasteiger partial charge is 0.283 e. The molecule has 122 valence electrons. The second-order valence-corrected chi connectivity index (χ2v) is 6.37. The number of phenolic OH excluding ortho intramolecular Hbond substituents is 1. The van der Waals surface area contributed by atoms with E-state index in [9.17, 15) is 9.90 Å². The van der Waals surface area contributed by atoms with E-state index in [0.29, 0.717) is 37.9 Å². The molecule has 0 saturated carbocycles. The number of hydrogen-bond acceptors (Lipinski definition) is 7. The number of aromatic nitrogens is 1. The highest BCUT2D eigenvalue weighted by Crippen LogP contribution is 2.32. The zero-order chi connectivity index (χ0) is 17.0. The van der Waals surface area contributed by atoms with Gasteiger partial charge < -0.3 is 15.6 Å². The van der Waals surface area contributed by atoms with Gasteiger partial charge in [0.1, 0.15) is 4.88 Å². The second-order valence-electron chi connectivity index (χ2n) is 4.43. The first-order chi connectivity index (χ1) is 11.0. The Morgan fingerprint density at radius 3 is 3.00 bits per heavy atom. The first-order valence-electron chi connectivity index (χ1n) is 6.61. The lowest BCUT2D eigenvalue weighted by atomic mass is 10.2. The number of amides is 1. The number of hydrazone groups is 1. The van der Waals surface area contributed by atoms with Crippen LogP contribution >= 0.6 is 27.3 Å². The summed E-state index contributed by atoms with van der Waals surface area (Å²) in [7, 11) is 1.45. The van der Waals surface area contributed by atoms with Crippen molar-refractivity contribution >= 4 is 44.5 Å². The fourth-order valence-corrected chi connectivity index (χ4v) is 3.11. The highest BCUT2D eigenvalue weighted by Gasteiger charge is 2.15. The summed E-state index contributed by atoms with van der Waals surface area (Å²) in [6, 6.07) is 3.27. The molecule has 0 unspecified atom stereocenters. The molecule has 0 aliphatic heterocycles. The van der Waals surface area contributed by atoms with E-state index < -0.39 is 5.91 Å². The van der Waals surface area contributed by atoms with Gasteiger partial charge in [0.05, 0.1) is 19.0 Å². The molecule has 2 aromatic rings. The van der Waals surface area contributed by atoms with Crippen molar-refractivity contribution in [1.29, 1.82) is 0 Å². The van der Waals surface area contributed by atoms with Crippen LogP contribution in [0.5, 0.6) is 11.5 Å². The van der Waals surface area contributed by atoms with Crippen LogP contribution in [0.4, 0.5) is 5.13 Å². The molecule has 0 atom stereocenters. The van der Waals surface area contributed by atoms with E-state index in [4.69, 9.17) is 10.5 Å². The monoisotopic (exact) mass is 398 g/mol. The van der Waals surface area contributed by atoms with Gasteiger partial charge in [0.25, 0.3) is 5.91 Å². The fourth-order valence-electron chi connectivity index (χ4n) is 1.85. The number of phenols is 1. The van der Waals surface area contributed by atoms with Crippen molar-refractivity contribution in [1.82, 2.24) is 10.4 Å². The van der Waals surface area contributed by atoms with Crippen molar-refractivity contribution in [3.63, 3.8) is 0 Å². The molecule has 23 heavy (non-hydrogen) atoms. The summed E-state index contributed by atoms with van der Waals surface area (Å²) in [5.41, 5.74) is 9.05. The maximum Gasteiger partial charge on any atom is 0.283 e. The molecule has 0 aliphatic carbocycles.